The van der Waals surface area contributed by atoms with Gasteiger partial charge in [0.1, 0.15) is 5.75 Å². The molecule has 0 N–H and O–H groups in total. The maximum atomic E-state index is 5.59. The average Bonchev–Trinajstić information content (AvgIpc) is 2.76. The van der Waals surface area contributed by atoms with E-state index in [2.05, 4.69) is 54.4 Å². The van der Waals surface area contributed by atoms with E-state index in [1.165, 1.54) is 41.2 Å². The van der Waals surface area contributed by atoms with Crippen molar-refractivity contribution in [3.63, 3.8) is 0 Å². The van der Waals surface area contributed by atoms with Crippen molar-refractivity contribution in [1.29, 1.82) is 0 Å². The molecule has 2 aromatic carbocycles. The summed E-state index contributed by atoms with van der Waals surface area (Å²) in [6, 6.07) is 14.6. The molecule has 2 unspecified atom stereocenters. The van der Waals surface area contributed by atoms with Crippen molar-refractivity contribution in [1.82, 2.24) is 4.90 Å². The van der Waals surface area contributed by atoms with Gasteiger partial charge in [-0.3, -0.25) is 4.90 Å². The molecule has 0 radical (unpaired) electrons. The van der Waals surface area contributed by atoms with E-state index in [9.17, 15) is 0 Å². The Labute approximate surface area is 132 Å². The SMILES string of the molecule is CCOc1ccc2cc(C3=CC4CCC(C3)N4C)ccc2c1. The summed E-state index contributed by atoms with van der Waals surface area (Å²) in [7, 11) is 2.27. The molecule has 2 atom stereocenters. The number of nitrogens with zero attached hydrogens (tertiary/aromatic N) is 1. The molecule has 1 saturated heterocycles. The van der Waals surface area contributed by atoms with Crippen LogP contribution in [0.3, 0.4) is 0 Å². The fraction of sp³-hybridized carbons (Fsp3) is 0.400. The second-order valence-corrected chi connectivity index (χ2v) is 6.52. The Morgan fingerprint density at radius 1 is 1.09 bits per heavy atom. The van der Waals surface area contributed by atoms with Gasteiger partial charge in [-0.2, -0.15) is 0 Å². The zero-order chi connectivity index (χ0) is 15.1. The van der Waals surface area contributed by atoms with Crippen molar-refractivity contribution >= 4 is 16.3 Å². The molecule has 2 nitrogen and oxygen atoms in total. The normalized spacial score (nSPS) is 24.5. The van der Waals surface area contributed by atoms with Gasteiger partial charge in [0.15, 0.2) is 0 Å². The molecular formula is C20H23NO. The molecular weight excluding hydrogens is 270 g/mol. The van der Waals surface area contributed by atoms with Crippen LogP contribution in [0.1, 0.15) is 31.7 Å². The van der Waals surface area contributed by atoms with E-state index < -0.39 is 0 Å². The van der Waals surface area contributed by atoms with Gasteiger partial charge in [-0.1, -0.05) is 24.3 Å². The highest BCUT2D eigenvalue weighted by atomic mass is 16.5. The Morgan fingerprint density at radius 2 is 1.91 bits per heavy atom. The van der Waals surface area contributed by atoms with E-state index in [1.54, 1.807) is 0 Å². The Kier molecular flexibility index (Phi) is 3.42. The van der Waals surface area contributed by atoms with Crippen molar-refractivity contribution < 1.29 is 4.74 Å². The Hall–Kier alpha value is -1.80. The molecule has 2 bridgehead atoms. The zero-order valence-corrected chi connectivity index (χ0v) is 13.4. The van der Waals surface area contributed by atoms with Crippen molar-refractivity contribution in [2.24, 2.45) is 0 Å². The van der Waals surface area contributed by atoms with E-state index in [0.29, 0.717) is 12.6 Å². The van der Waals surface area contributed by atoms with E-state index in [0.717, 1.165) is 11.8 Å². The van der Waals surface area contributed by atoms with Crippen molar-refractivity contribution in [3.05, 3.63) is 48.0 Å². The van der Waals surface area contributed by atoms with Crippen LogP contribution < -0.4 is 4.74 Å². The molecule has 0 spiro atoms. The van der Waals surface area contributed by atoms with Crippen LogP contribution in [-0.4, -0.2) is 30.6 Å². The third-order valence-electron chi connectivity index (χ3n) is 5.24. The second-order valence-electron chi connectivity index (χ2n) is 6.52. The highest BCUT2D eigenvalue weighted by Crippen LogP contribution is 2.38. The van der Waals surface area contributed by atoms with Crippen molar-refractivity contribution in [3.8, 4) is 5.75 Å². The van der Waals surface area contributed by atoms with Crippen LogP contribution >= 0.6 is 0 Å². The van der Waals surface area contributed by atoms with E-state index in [4.69, 9.17) is 4.74 Å². The molecule has 0 aromatic heterocycles. The lowest BCUT2D eigenvalue weighted by Crippen LogP contribution is -2.34. The van der Waals surface area contributed by atoms with E-state index in [-0.39, 0.29) is 0 Å². The third kappa shape index (κ3) is 2.32. The predicted molar refractivity (Wildman–Crippen MR) is 92.3 cm³/mol. The van der Waals surface area contributed by atoms with Gasteiger partial charge in [-0.25, -0.2) is 0 Å². The number of benzene rings is 2. The Bertz CT molecular complexity index is 734. The molecule has 2 aromatic rings. The van der Waals surface area contributed by atoms with E-state index in [1.807, 2.05) is 6.92 Å². The summed E-state index contributed by atoms with van der Waals surface area (Å²) in [4.78, 5) is 2.54. The monoisotopic (exact) mass is 293 g/mol. The minimum absolute atomic E-state index is 0.643. The second kappa shape index (κ2) is 5.44. The smallest absolute Gasteiger partial charge is 0.119 e. The van der Waals surface area contributed by atoms with Crippen LogP contribution in [-0.2, 0) is 0 Å². The van der Waals surface area contributed by atoms with Crippen molar-refractivity contribution in [2.75, 3.05) is 13.7 Å². The topological polar surface area (TPSA) is 12.5 Å². The minimum atomic E-state index is 0.643. The van der Waals surface area contributed by atoms with Crippen molar-refractivity contribution in [2.45, 2.75) is 38.3 Å². The van der Waals surface area contributed by atoms with Gasteiger partial charge in [-0.15, -0.1) is 0 Å². The van der Waals surface area contributed by atoms with Gasteiger partial charge < -0.3 is 4.74 Å². The first-order chi connectivity index (χ1) is 10.7. The molecule has 2 heteroatoms. The van der Waals surface area contributed by atoms with Gasteiger partial charge in [0.25, 0.3) is 0 Å². The number of hydrogen-bond acceptors (Lipinski definition) is 2. The van der Waals surface area contributed by atoms with Crippen LogP contribution in [0, 0.1) is 0 Å². The van der Waals surface area contributed by atoms with Crippen LogP contribution in [0.2, 0.25) is 0 Å². The summed E-state index contributed by atoms with van der Waals surface area (Å²) in [5.41, 5.74) is 2.92. The number of likely N-dealkylation sites (N-methyl/N-ethyl adjacent to an activating group) is 1. The minimum Gasteiger partial charge on any atom is -0.494 e. The summed E-state index contributed by atoms with van der Waals surface area (Å²) < 4.78 is 5.59. The zero-order valence-electron chi connectivity index (χ0n) is 13.4. The van der Waals surface area contributed by atoms with E-state index >= 15 is 0 Å². The molecule has 4 rings (SSSR count). The van der Waals surface area contributed by atoms with Crippen LogP contribution in [0.4, 0.5) is 0 Å². The van der Waals surface area contributed by atoms with Gasteiger partial charge in [0.05, 0.1) is 6.61 Å². The van der Waals surface area contributed by atoms with Gasteiger partial charge in [0, 0.05) is 12.1 Å². The molecule has 0 aliphatic carbocycles. The highest BCUT2D eigenvalue weighted by molar-refractivity contribution is 5.87. The summed E-state index contributed by atoms with van der Waals surface area (Å²) in [5.74, 6) is 0.958. The van der Waals surface area contributed by atoms with Gasteiger partial charge in [0.2, 0.25) is 0 Å². The Morgan fingerprint density at radius 3 is 2.73 bits per heavy atom. The standard InChI is InChI=1S/C20H23NO/c1-3-22-20-9-6-14-10-15(4-5-16(14)13-20)17-11-18-7-8-19(12-17)21(18)2/h4-6,9-11,13,18-19H,3,7-8,12H2,1-2H3. The fourth-order valence-electron chi connectivity index (χ4n) is 3.94. The summed E-state index contributed by atoms with van der Waals surface area (Å²) in [5, 5.41) is 2.55. The lowest BCUT2D eigenvalue weighted by molar-refractivity contribution is 0.264. The molecule has 2 aliphatic heterocycles. The molecule has 0 saturated carbocycles. The summed E-state index contributed by atoms with van der Waals surface area (Å²) >= 11 is 0. The van der Waals surface area contributed by atoms with Crippen LogP contribution in [0.5, 0.6) is 5.75 Å². The molecule has 2 heterocycles. The van der Waals surface area contributed by atoms with Crippen LogP contribution in [0.25, 0.3) is 16.3 Å². The molecule has 0 amide bonds. The lowest BCUT2D eigenvalue weighted by atomic mass is 9.93. The first kappa shape index (κ1) is 13.8. The average molecular weight is 293 g/mol. The predicted octanol–water partition coefficient (Wildman–Crippen LogP) is 4.49. The highest BCUT2D eigenvalue weighted by Gasteiger charge is 2.33. The number of hydrogen-bond donors (Lipinski definition) is 0. The lowest BCUT2D eigenvalue weighted by Gasteiger charge is -2.30. The summed E-state index contributed by atoms with van der Waals surface area (Å²) in [6.07, 6.45) is 6.33. The van der Waals surface area contributed by atoms with Gasteiger partial charge in [-0.05, 0) is 73.3 Å². The number of rotatable bonds is 3. The molecule has 22 heavy (non-hydrogen) atoms. The first-order valence-corrected chi connectivity index (χ1v) is 8.34. The summed E-state index contributed by atoms with van der Waals surface area (Å²) in [6.45, 7) is 2.74. The third-order valence-corrected chi connectivity index (χ3v) is 5.24. The number of ether oxygens (including phenoxy) is 1. The van der Waals surface area contributed by atoms with Crippen LogP contribution in [0.15, 0.2) is 42.5 Å². The quantitative estimate of drug-likeness (QED) is 0.827. The molecule has 2 aliphatic rings. The largest absolute Gasteiger partial charge is 0.494 e. The first-order valence-electron chi connectivity index (χ1n) is 8.34. The number of fused-ring (bicyclic) bond motifs is 3. The maximum Gasteiger partial charge on any atom is 0.119 e. The van der Waals surface area contributed by atoms with Gasteiger partial charge >= 0.3 is 0 Å². The molecule has 114 valence electrons. The maximum absolute atomic E-state index is 5.59. The molecule has 1 fully saturated rings. The fourth-order valence-corrected chi connectivity index (χ4v) is 3.94. The Balaban J connectivity index is 1.68.